The Balaban J connectivity index is 2.07. The molecule has 2 aromatic carbocycles. The van der Waals surface area contributed by atoms with Gasteiger partial charge in [0.05, 0.1) is 6.10 Å². The summed E-state index contributed by atoms with van der Waals surface area (Å²) >= 11 is 0. The minimum Gasteiger partial charge on any atom is -0.507 e. The molecule has 0 aliphatic rings. The van der Waals surface area contributed by atoms with E-state index in [0.717, 1.165) is 6.42 Å². The summed E-state index contributed by atoms with van der Waals surface area (Å²) < 4.78 is 5.96. The Morgan fingerprint density at radius 2 is 1.65 bits per heavy atom. The average molecular weight is 314 g/mol. The predicted octanol–water partition coefficient (Wildman–Crippen LogP) is 5.50. The summed E-state index contributed by atoms with van der Waals surface area (Å²) in [6.45, 7) is 4.27. The molecule has 124 valence electrons. The van der Waals surface area contributed by atoms with E-state index in [1.165, 1.54) is 25.7 Å². The van der Waals surface area contributed by atoms with Crippen LogP contribution >= 0.6 is 0 Å². The molecule has 0 radical (unpaired) electrons. The highest BCUT2D eigenvalue weighted by Crippen LogP contribution is 2.37. The molecule has 0 fully saturated rings. The molecule has 0 heterocycles. The van der Waals surface area contributed by atoms with E-state index >= 15 is 0 Å². The molecule has 0 amide bonds. The second-order valence-corrected chi connectivity index (χ2v) is 5.97. The van der Waals surface area contributed by atoms with Crippen molar-refractivity contribution < 1.29 is 14.9 Å². The van der Waals surface area contributed by atoms with Gasteiger partial charge in [0.2, 0.25) is 0 Å². The summed E-state index contributed by atoms with van der Waals surface area (Å²) in [6.07, 6.45) is 6.06. The number of para-hydroxylation sites is 1. The molecule has 2 rings (SSSR count). The van der Waals surface area contributed by atoms with Crippen LogP contribution in [0, 0.1) is 0 Å². The number of phenols is 2. The van der Waals surface area contributed by atoms with Gasteiger partial charge in [-0.05, 0) is 44.0 Å². The lowest BCUT2D eigenvalue weighted by atomic mass is 10.0. The van der Waals surface area contributed by atoms with Crippen molar-refractivity contribution in [3.05, 3.63) is 42.5 Å². The maximum absolute atomic E-state index is 10.1. The average Bonchev–Trinajstić information content (AvgIpc) is 2.54. The molecule has 2 N–H and O–H groups in total. The van der Waals surface area contributed by atoms with E-state index in [0.29, 0.717) is 16.9 Å². The first-order valence-electron chi connectivity index (χ1n) is 8.40. The quantitative estimate of drug-likeness (QED) is 0.632. The van der Waals surface area contributed by atoms with Crippen molar-refractivity contribution in [2.45, 2.75) is 52.1 Å². The van der Waals surface area contributed by atoms with Crippen molar-refractivity contribution in [1.29, 1.82) is 0 Å². The number of ether oxygens (including phenoxy) is 1. The summed E-state index contributed by atoms with van der Waals surface area (Å²) in [7, 11) is 0. The number of rotatable bonds is 8. The number of unbranched alkanes of at least 4 members (excludes halogenated alkanes) is 3. The minimum atomic E-state index is 0.133. The number of phenolic OH excluding ortho intramolecular Hbond substituents is 2. The van der Waals surface area contributed by atoms with E-state index in [1.807, 2.05) is 6.07 Å². The zero-order chi connectivity index (χ0) is 16.7. The lowest BCUT2D eigenvalue weighted by Gasteiger charge is -2.16. The van der Waals surface area contributed by atoms with Crippen LogP contribution in [0.15, 0.2) is 42.5 Å². The van der Waals surface area contributed by atoms with E-state index in [1.54, 1.807) is 36.4 Å². The fraction of sp³-hybridized carbons (Fsp3) is 0.400. The second kappa shape index (κ2) is 8.47. The SMILES string of the molecule is CCCCCC[C@H](C)Oc1ccc(O)c(-c2ccccc2O)c1. The van der Waals surface area contributed by atoms with Crippen LogP contribution in [0.1, 0.15) is 46.0 Å². The molecule has 0 saturated carbocycles. The Labute approximate surface area is 138 Å². The van der Waals surface area contributed by atoms with Crippen molar-refractivity contribution in [2.75, 3.05) is 0 Å². The molecule has 0 bridgehead atoms. The number of benzene rings is 2. The molecule has 2 aromatic rings. The van der Waals surface area contributed by atoms with Gasteiger partial charge in [-0.25, -0.2) is 0 Å². The first-order chi connectivity index (χ1) is 11.1. The molecule has 3 heteroatoms. The number of hydrogen-bond acceptors (Lipinski definition) is 3. The Bertz CT molecular complexity index is 622. The largest absolute Gasteiger partial charge is 0.507 e. The van der Waals surface area contributed by atoms with Crippen molar-refractivity contribution in [3.8, 4) is 28.4 Å². The molecule has 0 aliphatic carbocycles. The third kappa shape index (κ3) is 4.92. The van der Waals surface area contributed by atoms with Crippen LogP contribution in [0.25, 0.3) is 11.1 Å². The molecular formula is C20H26O3. The fourth-order valence-electron chi connectivity index (χ4n) is 2.66. The van der Waals surface area contributed by atoms with Gasteiger partial charge in [-0.3, -0.25) is 0 Å². The van der Waals surface area contributed by atoms with Crippen molar-refractivity contribution >= 4 is 0 Å². The Hall–Kier alpha value is -2.16. The van der Waals surface area contributed by atoms with Crippen molar-refractivity contribution in [1.82, 2.24) is 0 Å². The van der Waals surface area contributed by atoms with Crippen LogP contribution in [0.5, 0.6) is 17.2 Å². The fourth-order valence-corrected chi connectivity index (χ4v) is 2.66. The highest BCUT2D eigenvalue weighted by molar-refractivity contribution is 5.76. The normalized spacial score (nSPS) is 12.1. The Kier molecular flexibility index (Phi) is 6.33. The zero-order valence-electron chi connectivity index (χ0n) is 14.0. The Morgan fingerprint density at radius 3 is 2.39 bits per heavy atom. The van der Waals surface area contributed by atoms with Crippen molar-refractivity contribution in [3.63, 3.8) is 0 Å². The molecule has 3 nitrogen and oxygen atoms in total. The van der Waals surface area contributed by atoms with Gasteiger partial charge in [-0.1, -0.05) is 44.4 Å². The molecule has 0 unspecified atom stereocenters. The Morgan fingerprint density at radius 1 is 0.913 bits per heavy atom. The smallest absolute Gasteiger partial charge is 0.123 e. The van der Waals surface area contributed by atoms with Crippen LogP contribution in [-0.2, 0) is 0 Å². The van der Waals surface area contributed by atoms with Gasteiger partial charge in [0.25, 0.3) is 0 Å². The summed E-state index contributed by atoms with van der Waals surface area (Å²) in [5.74, 6) is 0.992. The van der Waals surface area contributed by atoms with Gasteiger partial charge in [-0.2, -0.15) is 0 Å². The van der Waals surface area contributed by atoms with Gasteiger partial charge in [0.1, 0.15) is 17.2 Å². The topological polar surface area (TPSA) is 49.7 Å². The standard InChI is InChI=1S/C20H26O3/c1-3-4-5-6-9-15(2)23-16-12-13-20(22)18(14-16)17-10-7-8-11-19(17)21/h7-8,10-15,21-22H,3-6,9H2,1-2H3/t15-/m0/s1. The van der Waals surface area contributed by atoms with Crippen molar-refractivity contribution in [2.24, 2.45) is 0 Å². The number of hydrogen-bond donors (Lipinski definition) is 2. The summed E-state index contributed by atoms with van der Waals surface area (Å²) in [4.78, 5) is 0. The molecular weight excluding hydrogens is 288 g/mol. The monoisotopic (exact) mass is 314 g/mol. The van der Waals surface area contributed by atoms with Crippen LogP contribution in [-0.4, -0.2) is 16.3 Å². The zero-order valence-corrected chi connectivity index (χ0v) is 14.0. The predicted molar refractivity (Wildman–Crippen MR) is 94.1 cm³/mol. The number of aromatic hydroxyl groups is 2. The molecule has 23 heavy (non-hydrogen) atoms. The molecule has 0 aliphatic heterocycles. The maximum Gasteiger partial charge on any atom is 0.123 e. The van der Waals surface area contributed by atoms with Gasteiger partial charge in [-0.15, -0.1) is 0 Å². The third-order valence-electron chi connectivity index (χ3n) is 3.96. The van der Waals surface area contributed by atoms with Crippen LogP contribution in [0.4, 0.5) is 0 Å². The summed E-state index contributed by atoms with van der Waals surface area (Å²) in [5, 5.41) is 20.1. The third-order valence-corrected chi connectivity index (χ3v) is 3.96. The lowest BCUT2D eigenvalue weighted by molar-refractivity contribution is 0.206. The summed E-state index contributed by atoms with van der Waals surface area (Å²) in [6, 6.07) is 12.1. The molecule has 0 spiro atoms. The van der Waals surface area contributed by atoms with E-state index in [-0.39, 0.29) is 17.6 Å². The van der Waals surface area contributed by atoms with Gasteiger partial charge >= 0.3 is 0 Å². The van der Waals surface area contributed by atoms with Crippen LogP contribution in [0.2, 0.25) is 0 Å². The molecule has 0 aromatic heterocycles. The minimum absolute atomic E-state index is 0.133. The molecule has 1 atom stereocenters. The van der Waals surface area contributed by atoms with Crippen LogP contribution in [0.3, 0.4) is 0 Å². The van der Waals surface area contributed by atoms with E-state index in [2.05, 4.69) is 13.8 Å². The van der Waals surface area contributed by atoms with E-state index in [4.69, 9.17) is 4.74 Å². The second-order valence-electron chi connectivity index (χ2n) is 5.97. The van der Waals surface area contributed by atoms with Gasteiger partial charge in [0.15, 0.2) is 0 Å². The molecule has 0 saturated heterocycles. The first-order valence-corrected chi connectivity index (χ1v) is 8.40. The van der Waals surface area contributed by atoms with Gasteiger partial charge < -0.3 is 14.9 Å². The summed E-state index contributed by atoms with van der Waals surface area (Å²) in [5.41, 5.74) is 1.19. The maximum atomic E-state index is 10.1. The van der Waals surface area contributed by atoms with E-state index < -0.39 is 0 Å². The van der Waals surface area contributed by atoms with Crippen LogP contribution < -0.4 is 4.74 Å². The first kappa shape index (κ1) is 17.2. The highest BCUT2D eigenvalue weighted by Gasteiger charge is 2.11. The highest BCUT2D eigenvalue weighted by atomic mass is 16.5. The van der Waals surface area contributed by atoms with Gasteiger partial charge in [0, 0.05) is 11.1 Å². The lowest BCUT2D eigenvalue weighted by Crippen LogP contribution is -2.11. The van der Waals surface area contributed by atoms with E-state index in [9.17, 15) is 10.2 Å².